The molecule has 3 nitrogen and oxygen atoms in total. The monoisotopic (exact) mass is 1210 g/mol. The molecule has 0 aromatic rings. The maximum Gasteiger partial charge on any atom is 0.0351 e. The molecule has 0 aliphatic carbocycles. The molecule has 15 heteroatoms. The van der Waals surface area contributed by atoms with Crippen LogP contribution in [0.25, 0.3) is 0 Å². The van der Waals surface area contributed by atoms with E-state index in [1.807, 2.05) is 13.3 Å². The molecular formula is C30H79Au2Cl6N3P4-8. The minimum atomic E-state index is -0.104. The Hall–Kier alpha value is 4.82. The smallest absolute Gasteiger partial charge is 0.0351 e. The van der Waals surface area contributed by atoms with Crippen LogP contribution in [-0.2, 0) is 44.8 Å². The normalized spacial score (nSPS) is 9.60. The summed E-state index contributed by atoms with van der Waals surface area (Å²) in [6.07, 6.45) is 2.10. The van der Waals surface area contributed by atoms with Gasteiger partial charge in [0.1, 0.15) is 0 Å². The minimum absolute atomic E-state index is 0. The molecule has 4 atom stereocenters. The summed E-state index contributed by atoms with van der Waals surface area (Å²) in [5.74, 6) is 4.05. The largest absolute Gasteiger partial charge is 0.358 e. The maximum absolute atomic E-state index is 5.62. The fourth-order valence-electron chi connectivity index (χ4n) is 1.93. The van der Waals surface area contributed by atoms with Crippen LogP contribution in [-0.4, -0.2) is 124 Å². The van der Waals surface area contributed by atoms with Gasteiger partial charge in [-0.05, 0) is 12.6 Å². The van der Waals surface area contributed by atoms with Crippen LogP contribution in [0, 0.1) is 56.4 Å². The molecule has 4 unspecified atom stereocenters. The number of hydrogen-bond donors (Lipinski definition) is 1. The number of nitrogens with zero attached hydrogens (tertiary/aromatic N) is 2. The van der Waals surface area contributed by atoms with E-state index >= 15 is 0 Å². The zero-order valence-corrected chi connectivity index (χ0v) is 39.5. The Morgan fingerprint density at radius 3 is 0.822 bits per heavy atom. The Morgan fingerprint density at radius 1 is 0.533 bits per heavy atom. The summed E-state index contributed by atoms with van der Waals surface area (Å²) >= 11 is 33.1. The summed E-state index contributed by atoms with van der Waals surface area (Å²) in [6.45, 7) is 28.8. The van der Waals surface area contributed by atoms with Crippen molar-refractivity contribution in [1.29, 1.82) is 0 Å². The Labute approximate surface area is 358 Å². The third-order valence-corrected chi connectivity index (χ3v) is 5.85. The molecule has 2 radical (unpaired) electrons. The van der Waals surface area contributed by atoms with Crippen molar-refractivity contribution in [2.24, 2.45) is 0 Å². The number of halogens is 6. The second kappa shape index (κ2) is 97.6. The van der Waals surface area contributed by atoms with E-state index in [9.17, 15) is 0 Å². The second-order valence-electron chi connectivity index (χ2n) is 6.82. The molecule has 0 saturated heterocycles. The zero-order valence-electron chi connectivity index (χ0n) is 26.9. The van der Waals surface area contributed by atoms with Crippen molar-refractivity contribution < 1.29 is 44.8 Å². The fraction of sp³-hybridized carbons (Fsp3) is 0.733. The molecule has 306 valence electrons. The quantitative estimate of drug-likeness (QED) is 0.0546. The predicted molar refractivity (Wildman–Crippen MR) is 238 cm³/mol. The Bertz CT molecular complexity index is 307. The van der Waals surface area contributed by atoms with Crippen molar-refractivity contribution in [3.63, 3.8) is 0 Å². The number of nitrogens with one attached hydrogen (secondary N) is 1. The van der Waals surface area contributed by atoms with E-state index in [1.54, 1.807) is 0 Å². The minimum Gasteiger partial charge on any atom is -0.358 e. The molecule has 0 heterocycles. The molecular weight excluding hydrogens is 1130 g/mol. The number of hydrogen-bond acceptors (Lipinski definition) is 3. The van der Waals surface area contributed by atoms with Gasteiger partial charge in [-0.15, -0.1) is 69.6 Å². The van der Waals surface area contributed by atoms with Crippen LogP contribution in [0.2, 0.25) is 0 Å². The van der Waals surface area contributed by atoms with E-state index in [0.29, 0.717) is 35.3 Å². The van der Waals surface area contributed by atoms with Crippen molar-refractivity contribution in [3.05, 3.63) is 56.4 Å². The SMILES string of the molecule is C.C.C.C.ClCCNCCCl.[197Au].[197Au].[CH2-]P(C)CN(CCCl)CCCl.[CH2-]P(C)CN(CCCl)CCCl.[CH2-]PC.[CH2-]PC.[CH3-].[CH3-].[CH3-].[CH3-]. The van der Waals surface area contributed by atoms with E-state index in [-0.39, 0.29) is 120 Å². The second-order valence-corrected chi connectivity index (χ2v) is 14.5. The van der Waals surface area contributed by atoms with Crippen molar-refractivity contribution in [3.8, 4) is 0 Å². The average molecular weight is 1210 g/mol. The first-order valence-corrected chi connectivity index (χ1v) is 22.0. The van der Waals surface area contributed by atoms with Gasteiger partial charge in [-0.25, -0.2) is 0 Å². The van der Waals surface area contributed by atoms with Gasteiger partial charge in [-0.1, -0.05) is 56.4 Å². The van der Waals surface area contributed by atoms with Gasteiger partial charge in [-0.3, -0.25) is 42.8 Å². The number of rotatable bonds is 16. The van der Waals surface area contributed by atoms with Crippen molar-refractivity contribution in [2.75, 3.05) is 114 Å². The zero-order chi connectivity index (χ0) is 28.3. The molecule has 0 saturated carbocycles. The van der Waals surface area contributed by atoms with Gasteiger partial charge in [-0.2, -0.15) is 0 Å². The Kier molecular flexibility index (Phi) is 212. The van der Waals surface area contributed by atoms with Crippen LogP contribution >= 0.6 is 103 Å². The Balaban J connectivity index is -0.0000000194. The maximum atomic E-state index is 5.62. The van der Waals surface area contributed by atoms with Gasteiger partial charge in [0.15, 0.2) is 0 Å². The van der Waals surface area contributed by atoms with Gasteiger partial charge in [0.25, 0.3) is 0 Å². The molecule has 45 heavy (non-hydrogen) atoms. The van der Waals surface area contributed by atoms with E-state index in [2.05, 4.69) is 55.1 Å². The first kappa shape index (κ1) is 97.9. The molecule has 0 aromatic heterocycles. The number of alkyl halides is 6. The van der Waals surface area contributed by atoms with Gasteiger partial charge >= 0.3 is 0 Å². The molecule has 0 rings (SSSR count). The van der Waals surface area contributed by atoms with E-state index in [4.69, 9.17) is 69.6 Å². The third-order valence-electron chi connectivity index (χ3n) is 3.03. The van der Waals surface area contributed by atoms with Crippen molar-refractivity contribution in [2.45, 2.75) is 29.7 Å². The molecule has 0 spiro atoms. The molecule has 0 bridgehead atoms. The van der Waals surface area contributed by atoms with Gasteiger partial charge in [0.05, 0.1) is 0 Å². The van der Waals surface area contributed by atoms with Crippen LogP contribution in [0.5, 0.6) is 0 Å². The molecule has 0 amide bonds. The van der Waals surface area contributed by atoms with Crippen molar-refractivity contribution >= 4 is 103 Å². The molecule has 0 aliphatic heterocycles. The van der Waals surface area contributed by atoms with Crippen LogP contribution in [0.4, 0.5) is 0 Å². The van der Waals surface area contributed by atoms with Gasteiger partial charge in [0.2, 0.25) is 0 Å². The molecule has 0 aromatic carbocycles. The van der Waals surface area contributed by atoms with E-state index < -0.39 is 0 Å². The van der Waals surface area contributed by atoms with Crippen LogP contribution in [0.15, 0.2) is 0 Å². The fourth-order valence-corrected chi connectivity index (χ4v) is 5.08. The standard InChI is InChI=1S/2C7H15Cl2NP.C4H9Cl2N.2C2H6P.4CH4.4CH3.2Au/c2*1-11(2)7-10(5-3-8)6-4-9;5-1-3-7-4-2-6;2*1-3-2;;;;;;;;;;/h2*1,3-7H2,2H3;7H,1-4H2;2*3H,1H2,2H3;4*1H4;4*1H3;;/q2*-1;;2*-1;;;;;4*-1;;/i;;;;;;;;;;;;;2*1+0. The summed E-state index contributed by atoms with van der Waals surface area (Å²) < 4.78 is 0. The molecule has 0 aliphatic rings. The average Bonchev–Trinajstić information content (AvgIpc) is 2.76. The molecule has 1 N–H and O–H groups in total. The topological polar surface area (TPSA) is 18.5 Å². The summed E-state index contributed by atoms with van der Waals surface area (Å²) in [5, 5.41) is 3.02. The van der Waals surface area contributed by atoms with Gasteiger partial charge in [0, 0.05) is 119 Å². The van der Waals surface area contributed by atoms with E-state index in [0.717, 1.165) is 69.0 Å². The Morgan fingerprint density at radius 2 is 0.711 bits per heavy atom. The van der Waals surface area contributed by atoms with Crippen molar-refractivity contribution in [1.82, 2.24) is 15.1 Å². The first-order chi connectivity index (χ1) is 16.6. The molecule has 0 fully saturated rings. The summed E-state index contributed by atoms with van der Waals surface area (Å²) in [6, 6.07) is 0. The predicted octanol–water partition coefficient (Wildman–Crippen LogP) is 12.8. The summed E-state index contributed by atoms with van der Waals surface area (Å²) in [5.41, 5.74) is 0. The third kappa shape index (κ3) is 129. The van der Waals surface area contributed by atoms with Crippen LogP contribution < -0.4 is 5.32 Å². The summed E-state index contributed by atoms with van der Waals surface area (Å²) in [7, 11) is 1.46. The van der Waals surface area contributed by atoms with Crippen LogP contribution in [0.3, 0.4) is 0 Å². The van der Waals surface area contributed by atoms with E-state index in [1.165, 1.54) is 0 Å². The first-order valence-electron chi connectivity index (χ1n) is 11.1. The van der Waals surface area contributed by atoms with Crippen LogP contribution in [0.1, 0.15) is 29.7 Å². The summed E-state index contributed by atoms with van der Waals surface area (Å²) in [4.78, 5) is 4.53. The van der Waals surface area contributed by atoms with Gasteiger partial charge < -0.3 is 61.7 Å².